The van der Waals surface area contributed by atoms with Crippen LogP contribution >= 0.6 is 11.6 Å². The maximum absolute atomic E-state index is 6.09. The van der Waals surface area contributed by atoms with Gasteiger partial charge in [0, 0.05) is 19.0 Å². The third kappa shape index (κ3) is 9.63. The molecule has 0 atom stereocenters. The highest BCUT2D eigenvalue weighted by atomic mass is 35.5. The minimum Gasteiger partial charge on any atom is -0.382 e. The number of nitrogens with one attached hydrogen (secondary N) is 1. The molecule has 0 spiro atoms. The molecule has 0 aromatic carbocycles. The Kier molecular flexibility index (Phi) is 10.8. The molecule has 0 saturated heterocycles. The Morgan fingerprint density at radius 1 is 0.947 bits per heavy atom. The lowest BCUT2D eigenvalue weighted by atomic mass is 9.89. The van der Waals surface area contributed by atoms with Gasteiger partial charge in [-0.25, -0.2) is 0 Å². The molecule has 19 heavy (non-hydrogen) atoms. The van der Waals surface area contributed by atoms with Gasteiger partial charge >= 0.3 is 0 Å². The van der Waals surface area contributed by atoms with E-state index in [-0.39, 0.29) is 0 Å². The van der Waals surface area contributed by atoms with Crippen LogP contribution < -0.4 is 5.32 Å². The lowest BCUT2D eigenvalue weighted by molar-refractivity contribution is 0.0254. The van der Waals surface area contributed by atoms with Crippen molar-refractivity contribution in [2.45, 2.75) is 31.1 Å². The lowest BCUT2D eigenvalue weighted by Gasteiger charge is -2.25. The Labute approximate surface area is 122 Å². The van der Waals surface area contributed by atoms with E-state index < -0.39 is 0 Å². The summed E-state index contributed by atoms with van der Waals surface area (Å²) in [5.41, 5.74) is 0. The summed E-state index contributed by atoms with van der Waals surface area (Å²) in [6.07, 6.45) is 4.86. The molecule has 1 aliphatic rings. The van der Waals surface area contributed by atoms with Crippen LogP contribution in [0.5, 0.6) is 0 Å². The van der Waals surface area contributed by atoms with Gasteiger partial charge in [0.25, 0.3) is 0 Å². The highest BCUT2D eigenvalue weighted by molar-refractivity contribution is 6.20. The first-order valence-corrected chi connectivity index (χ1v) is 7.75. The minimum atomic E-state index is 0.415. The van der Waals surface area contributed by atoms with E-state index >= 15 is 0 Å². The van der Waals surface area contributed by atoms with Crippen molar-refractivity contribution in [3.05, 3.63) is 0 Å². The van der Waals surface area contributed by atoms with Crippen molar-refractivity contribution in [2.24, 2.45) is 5.92 Å². The first kappa shape index (κ1) is 17.2. The molecule has 0 amide bonds. The normalized spacial score (nSPS) is 23.7. The van der Waals surface area contributed by atoms with Crippen molar-refractivity contribution >= 4 is 11.6 Å². The molecule has 1 rings (SSSR count). The molecule has 0 bridgehead atoms. The van der Waals surface area contributed by atoms with E-state index in [4.69, 9.17) is 25.8 Å². The summed E-state index contributed by atoms with van der Waals surface area (Å²) in [5.74, 6) is 0.798. The first-order valence-electron chi connectivity index (χ1n) is 7.32. The molecule has 4 nitrogen and oxygen atoms in total. The fourth-order valence-electron chi connectivity index (χ4n) is 2.24. The number of halogens is 1. The average molecular weight is 294 g/mol. The van der Waals surface area contributed by atoms with Gasteiger partial charge in [0.05, 0.1) is 33.0 Å². The molecule has 1 saturated carbocycles. The largest absolute Gasteiger partial charge is 0.382 e. The van der Waals surface area contributed by atoms with Crippen LogP contribution in [-0.4, -0.2) is 58.6 Å². The number of rotatable bonds is 11. The zero-order chi connectivity index (χ0) is 13.8. The standard InChI is InChI=1S/C14H28ClNO3/c1-17-8-9-19-11-10-18-7-6-16-12-13-2-4-14(15)5-3-13/h13-14,16H,2-12H2,1H3. The SMILES string of the molecule is COCCOCCOCCNCC1CCC(Cl)CC1. The van der Waals surface area contributed by atoms with Gasteiger partial charge < -0.3 is 19.5 Å². The molecule has 1 N–H and O–H groups in total. The van der Waals surface area contributed by atoms with Crippen molar-refractivity contribution in [3.63, 3.8) is 0 Å². The van der Waals surface area contributed by atoms with Crippen LogP contribution in [0.15, 0.2) is 0 Å². The number of ether oxygens (including phenoxy) is 3. The molecule has 114 valence electrons. The van der Waals surface area contributed by atoms with Crippen LogP contribution in [0, 0.1) is 5.92 Å². The predicted octanol–water partition coefficient (Wildman–Crippen LogP) is 2.05. The van der Waals surface area contributed by atoms with Gasteiger partial charge in [0.15, 0.2) is 0 Å². The van der Waals surface area contributed by atoms with Crippen LogP contribution in [-0.2, 0) is 14.2 Å². The third-order valence-electron chi connectivity index (χ3n) is 3.44. The van der Waals surface area contributed by atoms with Gasteiger partial charge in [-0.3, -0.25) is 0 Å². The summed E-state index contributed by atoms with van der Waals surface area (Å²) in [6.45, 7) is 5.34. The van der Waals surface area contributed by atoms with Crippen molar-refractivity contribution in [3.8, 4) is 0 Å². The second-order valence-electron chi connectivity index (χ2n) is 5.04. The van der Waals surface area contributed by atoms with Gasteiger partial charge in [-0.05, 0) is 38.1 Å². The second kappa shape index (κ2) is 11.9. The van der Waals surface area contributed by atoms with Crippen molar-refractivity contribution < 1.29 is 14.2 Å². The summed E-state index contributed by atoms with van der Waals surface area (Å²) >= 11 is 6.09. The average Bonchev–Trinajstić information content (AvgIpc) is 2.43. The fraction of sp³-hybridized carbons (Fsp3) is 1.00. The summed E-state index contributed by atoms with van der Waals surface area (Å²) in [5, 5.41) is 3.87. The van der Waals surface area contributed by atoms with Crippen molar-refractivity contribution in [1.29, 1.82) is 0 Å². The Morgan fingerprint density at radius 2 is 1.58 bits per heavy atom. The molecule has 0 aliphatic heterocycles. The summed E-state index contributed by atoms with van der Waals surface area (Å²) in [7, 11) is 1.67. The van der Waals surface area contributed by atoms with Crippen LogP contribution in [0.2, 0.25) is 0 Å². The number of hydrogen-bond donors (Lipinski definition) is 1. The van der Waals surface area contributed by atoms with Gasteiger partial charge in [-0.2, -0.15) is 0 Å². The molecule has 0 aromatic rings. The number of hydrogen-bond acceptors (Lipinski definition) is 4. The monoisotopic (exact) mass is 293 g/mol. The summed E-state index contributed by atoms with van der Waals surface area (Å²) < 4.78 is 15.7. The zero-order valence-corrected chi connectivity index (χ0v) is 12.8. The molecule has 0 radical (unpaired) electrons. The Morgan fingerprint density at radius 3 is 2.26 bits per heavy atom. The highest BCUT2D eigenvalue weighted by Gasteiger charge is 2.18. The van der Waals surface area contributed by atoms with E-state index in [1.807, 2.05) is 0 Å². The molecule has 1 fully saturated rings. The summed E-state index contributed by atoms with van der Waals surface area (Å²) in [4.78, 5) is 0. The van der Waals surface area contributed by atoms with Gasteiger partial charge in [-0.15, -0.1) is 11.6 Å². The highest BCUT2D eigenvalue weighted by Crippen LogP contribution is 2.26. The molecule has 0 heterocycles. The van der Waals surface area contributed by atoms with Crippen molar-refractivity contribution in [1.82, 2.24) is 5.32 Å². The van der Waals surface area contributed by atoms with E-state index in [1.165, 1.54) is 25.7 Å². The molecule has 1 aliphatic carbocycles. The van der Waals surface area contributed by atoms with E-state index in [1.54, 1.807) is 7.11 Å². The molecular weight excluding hydrogens is 266 g/mol. The van der Waals surface area contributed by atoms with E-state index in [0.29, 0.717) is 31.8 Å². The Balaban J connectivity index is 1.76. The van der Waals surface area contributed by atoms with Gasteiger partial charge in [-0.1, -0.05) is 0 Å². The van der Waals surface area contributed by atoms with Crippen molar-refractivity contribution in [2.75, 3.05) is 53.2 Å². The van der Waals surface area contributed by atoms with Crippen LogP contribution in [0.25, 0.3) is 0 Å². The topological polar surface area (TPSA) is 39.7 Å². The third-order valence-corrected chi connectivity index (χ3v) is 3.87. The number of methoxy groups -OCH3 is 1. The second-order valence-corrected chi connectivity index (χ2v) is 5.66. The lowest BCUT2D eigenvalue weighted by Crippen LogP contribution is -2.29. The molecule has 0 unspecified atom stereocenters. The van der Waals surface area contributed by atoms with Gasteiger partial charge in [0.2, 0.25) is 0 Å². The van der Waals surface area contributed by atoms with Crippen LogP contribution in [0.1, 0.15) is 25.7 Å². The fourth-order valence-corrected chi connectivity index (χ4v) is 2.49. The molecule has 5 heteroatoms. The summed E-state index contributed by atoms with van der Waals surface area (Å²) in [6, 6.07) is 0. The smallest absolute Gasteiger partial charge is 0.0701 e. The van der Waals surface area contributed by atoms with Crippen LogP contribution in [0.3, 0.4) is 0 Å². The van der Waals surface area contributed by atoms with E-state index in [2.05, 4.69) is 5.32 Å². The Bertz CT molecular complexity index is 199. The maximum atomic E-state index is 6.09. The molecule has 0 aromatic heterocycles. The Hall–Kier alpha value is 0.130. The number of alkyl halides is 1. The first-order chi connectivity index (χ1) is 9.33. The maximum Gasteiger partial charge on any atom is 0.0701 e. The zero-order valence-electron chi connectivity index (χ0n) is 12.0. The quantitative estimate of drug-likeness (QED) is 0.467. The predicted molar refractivity (Wildman–Crippen MR) is 78.0 cm³/mol. The van der Waals surface area contributed by atoms with E-state index in [0.717, 1.165) is 25.6 Å². The van der Waals surface area contributed by atoms with Gasteiger partial charge in [0.1, 0.15) is 0 Å². The molecular formula is C14H28ClNO3. The minimum absolute atomic E-state index is 0.415. The van der Waals surface area contributed by atoms with Crippen LogP contribution in [0.4, 0.5) is 0 Å². The van der Waals surface area contributed by atoms with E-state index in [9.17, 15) is 0 Å².